The Hall–Kier alpha value is -1.06. The molecule has 3 heteroatoms. The predicted molar refractivity (Wildman–Crippen MR) is 89.2 cm³/mol. The van der Waals surface area contributed by atoms with Crippen molar-refractivity contribution >= 4 is 5.69 Å². The minimum atomic E-state index is 0.179. The molecule has 0 radical (unpaired) electrons. The Bertz CT molecular complexity index is 382. The highest BCUT2D eigenvalue weighted by Crippen LogP contribution is 2.18. The van der Waals surface area contributed by atoms with Crippen LogP contribution < -0.4 is 10.6 Å². The highest BCUT2D eigenvalue weighted by molar-refractivity contribution is 5.45. The van der Waals surface area contributed by atoms with Crippen LogP contribution in [0.25, 0.3) is 0 Å². The van der Waals surface area contributed by atoms with Crippen molar-refractivity contribution < 1.29 is 0 Å². The van der Waals surface area contributed by atoms with Crippen molar-refractivity contribution in [2.75, 3.05) is 38.6 Å². The molecule has 0 aliphatic heterocycles. The van der Waals surface area contributed by atoms with Gasteiger partial charge >= 0.3 is 0 Å². The van der Waals surface area contributed by atoms with E-state index < -0.39 is 0 Å². The van der Waals surface area contributed by atoms with E-state index in [0.717, 1.165) is 26.2 Å². The number of nitrogens with zero attached hydrogens (tertiary/aromatic N) is 2. The number of anilines is 1. The number of rotatable bonds is 8. The van der Waals surface area contributed by atoms with Crippen molar-refractivity contribution in [2.24, 2.45) is 11.1 Å². The molecule has 0 spiro atoms. The second kappa shape index (κ2) is 7.65. The van der Waals surface area contributed by atoms with Gasteiger partial charge in [0, 0.05) is 32.9 Å². The zero-order valence-corrected chi connectivity index (χ0v) is 13.8. The number of benzene rings is 1. The van der Waals surface area contributed by atoms with Gasteiger partial charge in [-0.3, -0.25) is 4.90 Å². The normalized spacial score (nSPS) is 11.9. The van der Waals surface area contributed by atoms with Crippen LogP contribution in [-0.4, -0.2) is 38.6 Å². The summed E-state index contributed by atoms with van der Waals surface area (Å²) in [6.07, 6.45) is 1.18. The molecule has 1 aromatic carbocycles. The van der Waals surface area contributed by atoms with Crippen molar-refractivity contribution in [2.45, 2.75) is 33.7 Å². The third kappa shape index (κ3) is 5.51. The van der Waals surface area contributed by atoms with Crippen LogP contribution in [0.4, 0.5) is 5.69 Å². The largest absolute Gasteiger partial charge is 0.378 e. The fourth-order valence-corrected chi connectivity index (χ4v) is 2.36. The molecular formula is C17H31N3. The van der Waals surface area contributed by atoms with Gasteiger partial charge in [0.1, 0.15) is 0 Å². The molecule has 0 aromatic heterocycles. The summed E-state index contributed by atoms with van der Waals surface area (Å²) < 4.78 is 0. The predicted octanol–water partition coefficient (Wildman–Crippen LogP) is 2.95. The molecule has 0 heterocycles. The average Bonchev–Trinajstić information content (AvgIpc) is 2.39. The first-order valence-corrected chi connectivity index (χ1v) is 7.56. The molecule has 1 aromatic rings. The topological polar surface area (TPSA) is 32.5 Å². The summed E-state index contributed by atoms with van der Waals surface area (Å²) in [6, 6.07) is 8.84. The molecule has 1 rings (SSSR count). The van der Waals surface area contributed by atoms with Gasteiger partial charge in [-0.1, -0.05) is 32.9 Å². The van der Waals surface area contributed by atoms with Crippen LogP contribution >= 0.6 is 0 Å². The molecule has 0 saturated heterocycles. The van der Waals surface area contributed by atoms with E-state index in [2.05, 4.69) is 68.9 Å². The highest BCUT2D eigenvalue weighted by Gasteiger charge is 2.19. The third-order valence-electron chi connectivity index (χ3n) is 3.60. The summed E-state index contributed by atoms with van der Waals surface area (Å²) in [5, 5.41) is 0. The molecule has 0 aliphatic rings. The van der Waals surface area contributed by atoms with Gasteiger partial charge in [-0.05, 0) is 42.6 Å². The Morgan fingerprint density at radius 1 is 1.10 bits per heavy atom. The van der Waals surface area contributed by atoms with Crippen molar-refractivity contribution in [1.82, 2.24) is 4.90 Å². The van der Waals surface area contributed by atoms with Crippen LogP contribution in [0.1, 0.15) is 32.8 Å². The number of nitrogens with two attached hydrogens (primary N) is 1. The smallest absolute Gasteiger partial charge is 0.0361 e. The van der Waals surface area contributed by atoms with E-state index in [-0.39, 0.29) is 5.41 Å². The zero-order valence-electron chi connectivity index (χ0n) is 13.8. The van der Waals surface area contributed by atoms with E-state index in [9.17, 15) is 0 Å². The maximum atomic E-state index is 5.87. The van der Waals surface area contributed by atoms with Crippen molar-refractivity contribution in [3.63, 3.8) is 0 Å². The molecule has 114 valence electrons. The fraction of sp³-hybridized carbons (Fsp3) is 0.647. The number of hydrogen-bond donors (Lipinski definition) is 1. The first-order valence-electron chi connectivity index (χ1n) is 7.56. The molecule has 0 amide bonds. The summed E-state index contributed by atoms with van der Waals surface area (Å²) in [4.78, 5) is 4.64. The highest BCUT2D eigenvalue weighted by atomic mass is 15.1. The minimum Gasteiger partial charge on any atom is -0.378 e. The monoisotopic (exact) mass is 277 g/mol. The Morgan fingerprint density at radius 2 is 1.70 bits per heavy atom. The van der Waals surface area contributed by atoms with Crippen molar-refractivity contribution in [3.8, 4) is 0 Å². The van der Waals surface area contributed by atoms with Crippen LogP contribution in [0.2, 0.25) is 0 Å². The maximum absolute atomic E-state index is 5.87. The Morgan fingerprint density at radius 3 is 2.15 bits per heavy atom. The Balaban J connectivity index is 2.69. The van der Waals surface area contributed by atoms with E-state index in [1.165, 1.54) is 17.7 Å². The summed E-state index contributed by atoms with van der Waals surface area (Å²) in [6.45, 7) is 10.6. The second-order valence-electron chi connectivity index (χ2n) is 6.64. The lowest BCUT2D eigenvalue weighted by atomic mass is 9.93. The van der Waals surface area contributed by atoms with Gasteiger partial charge in [-0.2, -0.15) is 0 Å². The average molecular weight is 277 g/mol. The lowest BCUT2D eigenvalue weighted by Gasteiger charge is -2.31. The van der Waals surface area contributed by atoms with Gasteiger partial charge in [0.2, 0.25) is 0 Å². The zero-order chi connectivity index (χ0) is 15.2. The number of hydrogen-bond acceptors (Lipinski definition) is 3. The summed E-state index contributed by atoms with van der Waals surface area (Å²) in [5.74, 6) is 0. The van der Waals surface area contributed by atoms with E-state index in [1.54, 1.807) is 0 Å². The first-order chi connectivity index (χ1) is 9.38. The Labute approximate surface area is 124 Å². The van der Waals surface area contributed by atoms with E-state index in [1.807, 2.05) is 0 Å². The first kappa shape index (κ1) is 17.0. The second-order valence-corrected chi connectivity index (χ2v) is 6.64. The van der Waals surface area contributed by atoms with Crippen LogP contribution in [-0.2, 0) is 6.54 Å². The lowest BCUT2D eigenvalue weighted by Crippen LogP contribution is -2.38. The summed E-state index contributed by atoms with van der Waals surface area (Å²) >= 11 is 0. The molecular weight excluding hydrogens is 246 g/mol. The van der Waals surface area contributed by atoms with Crippen LogP contribution in [0, 0.1) is 5.41 Å². The van der Waals surface area contributed by atoms with E-state index >= 15 is 0 Å². The van der Waals surface area contributed by atoms with Gasteiger partial charge in [0.05, 0.1) is 0 Å². The standard InChI is InChI=1S/C17H31N3/c1-6-11-20(14-17(2,3)13-18)12-15-7-9-16(10-8-15)19(4)5/h7-10H,6,11-14,18H2,1-5H3. The van der Waals surface area contributed by atoms with Gasteiger partial charge in [0.25, 0.3) is 0 Å². The molecule has 0 atom stereocenters. The van der Waals surface area contributed by atoms with Crippen LogP contribution in [0.15, 0.2) is 24.3 Å². The molecule has 0 saturated carbocycles. The van der Waals surface area contributed by atoms with E-state index in [0.29, 0.717) is 0 Å². The van der Waals surface area contributed by atoms with Crippen molar-refractivity contribution in [3.05, 3.63) is 29.8 Å². The molecule has 0 fully saturated rings. The van der Waals surface area contributed by atoms with Gasteiger partial charge < -0.3 is 10.6 Å². The molecule has 0 aliphatic carbocycles. The quantitative estimate of drug-likeness (QED) is 0.793. The molecule has 2 N–H and O–H groups in total. The molecule has 20 heavy (non-hydrogen) atoms. The SMILES string of the molecule is CCCN(Cc1ccc(N(C)C)cc1)CC(C)(C)CN. The molecule has 3 nitrogen and oxygen atoms in total. The van der Waals surface area contributed by atoms with Gasteiger partial charge in [0.15, 0.2) is 0 Å². The molecule has 0 bridgehead atoms. The summed E-state index contributed by atoms with van der Waals surface area (Å²) in [5.41, 5.74) is 8.66. The van der Waals surface area contributed by atoms with Gasteiger partial charge in [-0.15, -0.1) is 0 Å². The van der Waals surface area contributed by atoms with Crippen LogP contribution in [0.5, 0.6) is 0 Å². The Kier molecular flexibility index (Phi) is 6.50. The van der Waals surface area contributed by atoms with Crippen molar-refractivity contribution in [1.29, 1.82) is 0 Å². The van der Waals surface area contributed by atoms with E-state index in [4.69, 9.17) is 5.73 Å². The maximum Gasteiger partial charge on any atom is 0.0361 e. The third-order valence-corrected chi connectivity index (χ3v) is 3.60. The van der Waals surface area contributed by atoms with Crippen LogP contribution in [0.3, 0.4) is 0 Å². The van der Waals surface area contributed by atoms with Gasteiger partial charge in [-0.25, -0.2) is 0 Å². The minimum absolute atomic E-state index is 0.179. The lowest BCUT2D eigenvalue weighted by molar-refractivity contribution is 0.176. The molecule has 0 unspecified atom stereocenters. The summed E-state index contributed by atoms with van der Waals surface area (Å²) in [7, 11) is 4.14. The fourth-order valence-electron chi connectivity index (χ4n) is 2.36.